The van der Waals surface area contributed by atoms with Crippen LogP contribution in [0.2, 0.25) is 0 Å². The summed E-state index contributed by atoms with van der Waals surface area (Å²) in [6.07, 6.45) is 2.76. The highest BCUT2D eigenvalue weighted by Gasteiger charge is 2.15. The van der Waals surface area contributed by atoms with Crippen LogP contribution in [0.5, 0.6) is 0 Å². The first-order chi connectivity index (χ1) is 8.63. The number of nitrogens with two attached hydrogens (primary N) is 1. The second-order valence-corrected chi connectivity index (χ2v) is 4.79. The van der Waals surface area contributed by atoms with Crippen molar-refractivity contribution in [1.82, 2.24) is 14.8 Å². The summed E-state index contributed by atoms with van der Waals surface area (Å²) >= 11 is 0. The minimum atomic E-state index is 0.476. The summed E-state index contributed by atoms with van der Waals surface area (Å²) in [4.78, 5) is 4.34. The van der Waals surface area contributed by atoms with E-state index in [-0.39, 0.29) is 0 Å². The Labute approximate surface area is 108 Å². The molecule has 2 rings (SSSR count). The van der Waals surface area contributed by atoms with Crippen LogP contribution in [0.3, 0.4) is 0 Å². The molecule has 0 aromatic carbocycles. The van der Waals surface area contributed by atoms with Crippen LogP contribution in [-0.4, -0.2) is 21.3 Å². The van der Waals surface area contributed by atoms with Gasteiger partial charge >= 0.3 is 0 Å². The zero-order chi connectivity index (χ0) is 13.1. The van der Waals surface area contributed by atoms with Gasteiger partial charge in [0.15, 0.2) is 5.82 Å². The largest absolute Gasteiger partial charge is 0.330 e. The molecule has 18 heavy (non-hydrogen) atoms. The minimum Gasteiger partial charge on any atom is -0.330 e. The number of hydrogen-bond acceptors (Lipinski definition) is 3. The van der Waals surface area contributed by atoms with Crippen LogP contribution >= 0.6 is 0 Å². The van der Waals surface area contributed by atoms with Crippen molar-refractivity contribution in [1.29, 1.82) is 0 Å². The molecule has 2 heterocycles. The molecule has 0 radical (unpaired) electrons. The molecule has 0 fully saturated rings. The smallest absolute Gasteiger partial charge is 0.153 e. The maximum absolute atomic E-state index is 5.70. The Bertz CT molecular complexity index is 516. The monoisotopic (exact) mass is 244 g/mol. The lowest BCUT2D eigenvalue weighted by atomic mass is 10.00. The van der Waals surface area contributed by atoms with Crippen LogP contribution in [0.4, 0.5) is 0 Å². The van der Waals surface area contributed by atoms with E-state index in [2.05, 4.69) is 23.9 Å². The van der Waals surface area contributed by atoms with Crippen molar-refractivity contribution in [2.75, 3.05) is 6.54 Å². The molecule has 1 unspecified atom stereocenters. The molecule has 0 spiro atoms. The van der Waals surface area contributed by atoms with E-state index in [1.54, 1.807) is 6.20 Å². The van der Waals surface area contributed by atoms with Gasteiger partial charge in [-0.15, -0.1) is 0 Å². The molecule has 0 bridgehead atoms. The van der Waals surface area contributed by atoms with Crippen LogP contribution in [-0.2, 0) is 6.42 Å². The number of aryl methyl sites for hydroxylation is 1. The standard InChI is InChI=1S/C14H20N4/c1-10(9-15)8-13-11(2)17-18(12(13)3)14-6-4-5-7-16-14/h4-7,10H,8-9,15H2,1-3H3. The molecule has 0 aliphatic rings. The van der Waals surface area contributed by atoms with Crippen molar-refractivity contribution >= 4 is 0 Å². The van der Waals surface area contributed by atoms with E-state index in [1.807, 2.05) is 29.8 Å². The third-order valence-corrected chi connectivity index (χ3v) is 3.26. The van der Waals surface area contributed by atoms with Gasteiger partial charge in [0.2, 0.25) is 0 Å². The van der Waals surface area contributed by atoms with E-state index < -0.39 is 0 Å². The number of hydrogen-bond donors (Lipinski definition) is 1. The molecule has 2 aromatic rings. The van der Waals surface area contributed by atoms with Gasteiger partial charge in [0.05, 0.1) is 5.69 Å². The highest BCUT2D eigenvalue weighted by Crippen LogP contribution is 2.19. The first-order valence-electron chi connectivity index (χ1n) is 6.30. The zero-order valence-electron chi connectivity index (χ0n) is 11.2. The summed E-state index contributed by atoms with van der Waals surface area (Å²) in [6.45, 7) is 7.00. The number of aromatic nitrogens is 3. The topological polar surface area (TPSA) is 56.7 Å². The highest BCUT2D eigenvalue weighted by atomic mass is 15.3. The Morgan fingerprint density at radius 1 is 1.33 bits per heavy atom. The maximum atomic E-state index is 5.70. The fraction of sp³-hybridized carbons (Fsp3) is 0.429. The van der Waals surface area contributed by atoms with Crippen molar-refractivity contribution in [2.24, 2.45) is 11.7 Å². The van der Waals surface area contributed by atoms with Crippen LogP contribution in [0.25, 0.3) is 5.82 Å². The maximum Gasteiger partial charge on any atom is 0.153 e. The molecule has 1 atom stereocenters. The summed E-state index contributed by atoms with van der Waals surface area (Å²) in [5.41, 5.74) is 9.22. The van der Waals surface area contributed by atoms with Crippen molar-refractivity contribution in [2.45, 2.75) is 27.2 Å². The fourth-order valence-electron chi connectivity index (χ4n) is 2.10. The molecule has 96 valence electrons. The average Bonchev–Trinajstić information content (AvgIpc) is 2.67. The molecule has 4 heteroatoms. The third kappa shape index (κ3) is 2.43. The van der Waals surface area contributed by atoms with Gasteiger partial charge in [0.25, 0.3) is 0 Å². The summed E-state index contributed by atoms with van der Waals surface area (Å²) < 4.78 is 1.91. The molecule has 4 nitrogen and oxygen atoms in total. The van der Waals surface area contributed by atoms with E-state index in [1.165, 1.54) is 5.56 Å². The van der Waals surface area contributed by atoms with Crippen molar-refractivity contribution in [3.8, 4) is 5.82 Å². The average molecular weight is 244 g/mol. The SMILES string of the molecule is Cc1nn(-c2ccccn2)c(C)c1CC(C)CN. The summed E-state index contributed by atoms with van der Waals surface area (Å²) in [5, 5.41) is 4.58. The van der Waals surface area contributed by atoms with Crippen LogP contribution in [0.1, 0.15) is 23.9 Å². The Kier molecular flexibility index (Phi) is 3.77. The predicted molar refractivity (Wildman–Crippen MR) is 72.8 cm³/mol. The van der Waals surface area contributed by atoms with Crippen molar-refractivity contribution < 1.29 is 0 Å². The predicted octanol–water partition coefficient (Wildman–Crippen LogP) is 2.02. The zero-order valence-corrected chi connectivity index (χ0v) is 11.2. The second kappa shape index (κ2) is 5.31. The molecule has 0 aliphatic carbocycles. The van der Waals surface area contributed by atoms with E-state index in [0.29, 0.717) is 12.5 Å². The molecule has 2 N–H and O–H groups in total. The van der Waals surface area contributed by atoms with Gasteiger partial charge in [0, 0.05) is 11.9 Å². The summed E-state index contributed by atoms with van der Waals surface area (Å²) in [7, 11) is 0. The molecule has 0 amide bonds. The number of nitrogens with zero attached hydrogens (tertiary/aromatic N) is 3. The number of rotatable bonds is 4. The Morgan fingerprint density at radius 3 is 2.72 bits per heavy atom. The summed E-state index contributed by atoms with van der Waals surface area (Å²) in [6, 6.07) is 5.85. The Hall–Kier alpha value is -1.68. The van der Waals surface area contributed by atoms with Gasteiger partial charge in [-0.05, 0) is 50.4 Å². The highest BCUT2D eigenvalue weighted by molar-refractivity contribution is 5.32. The van der Waals surface area contributed by atoms with Crippen molar-refractivity contribution in [3.63, 3.8) is 0 Å². The third-order valence-electron chi connectivity index (χ3n) is 3.26. The van der Waals surface area contributed by atoms with E-state index in [0.717, 1.165) is 23.6 Å². The van der Waals surface area contributed by atoms with Crippen LogP contribution in [0.15, 0.2) is 24.4 Å². The minimum absolute atomic E-state index is 0.476. The van der Waals surface area contributed by atoms with Gasteiger partial charge in [-0.3, -0.25) is 0 Å². The lowest BCUT2D eigenvalue weighted by Gasteiger charge is -2.08. The molecular weight excluding hydrogens is 224 g/mol. The van der Waals surface area contributed by atoms with Crippen LogP contribution < -0.4 is 5.73 Å². The van der Waals surface area contributed by atoms with Crippen molar-refractivity contribution in [3.05, 3.63) is 41.3 Å². The van der Waals surface area contributed by atoms with Gasteiger partial charge < -0.3 is 5.73 Å². The van der Waals surface area contributed by atoms with Gasteiger partial charge in [-0.2, -0.15) is 5.10 Å². The van der Waals surface area contributed by atoms with Gasteiger partial charge in [0.1, 0.15) is 0 Å². The summed E-state index contributed by atoms with van der Waals surface area (Å²) in [5.74, 6) is 1.34. The molecule has 0 aliphatic heterocycles. The van der Waals surface area contributed by atoms with E-state index in [9.17, 15) is 0 Å². The second-order valence-electron chi connectivity index (χ2n) is 4.79. The molecular formula is C14H20N4. The number of pyridine rings is 1. The Morgan fingerprint density at radius 2 is 2.11 bits per heavy atom. The van der Waals surface area contributed by atoms with E-state index >= 15 is 0 Å². The first kappa shape index (κ1) is 12.8. The Balaban J connectivity index is 2.38. The molecule has 0 saturated carbocycles. The quantitative estimate of drug-likeness (QED) is 0.895. The normalized spacial score (nSPS) is 12.7. The lowest BCUT2D eigenvalue weighted by molar-refractivity contribution is 0.589. The fourth-order valence-corrected chi connectivity index (χ4v) is 2.10. The molecule has 0 saturated heterocycles. The first-order valence-corrected chi connectivity index (χ1v) is 6.30. The van der Waals surface area contributed by atoms with E-state index in [4.69, 9.17) is 5.73 Å². The van der Waals surface area contributed by atoms with Crippen LogP contribution in [0, 0.1) is 19.8 Å². The van der Waals surface area contributed by atoms with Gasteiger partial charge in [-0.25, -0.2) is 9.67 Å². The lowest BCUT2D eigenvalue weighted by Crippen LogP contribution is -2.14. The molecule has 2 aromatic heterocycles. The van der Waals surface area contributed by atoms with Gasteiger partial charge in [-0.1, -0.05) is 13.0 Å².